The van der Waals surface area contributed by atoms with Gasteiger partial charge in [-0.2, -0.15) is 0 Å². The summed E-state index contributed by atoms with van der Waals surface area (Å²) in [4.78, 5) is 37.7. The molecule has 0 saturated heterocycles. The smallest absolute Gasteiger partial charge is 0.330 e. The van der Waals surface area contributed by atoms with Crippen molar-refractivity contribution in [1.82, 2.24) is 5.32 Å². The number of carbonyl (C=O) groups excluding carboxylic acids is 2. The second-order valence-electron chi connectivity index (χ2n) is 6.46. The van der Waals surface area contributed by atoms with Crippen LogP contribution >= 0.6 is 0 Å². The Morgan fingerprint density at radius 1 is 1.22 bits per heavy atom. The number of para-hydroxylation sites is 1. The molecular formula is C20H19FN2O4. The molecule has 0 bridgehead atoms. The molecule has 0 aromatic heterocycles. The van der Waals surface area contributed by atoms with Crippen LogP contribution in [0.2, 0.25) is 0 Å². The minimum atomic E-state index is -1.33. The Bertz CT molecular complexity index is 913. The Kier molecular flexibility index (Phi) is 5.21. The van der Waals surface area contributed by atoms with Crippen molar-refractivity contribution in [2.24, 2.45) is 0 Å². The van der Waals surface area contributed by atoms with Crippen LogP contribution in [0.1, 0.15) is 29.2 Å². The van der Waals surface area contributed by atoms with Crippen LogP contribution in [0, 0.1) is 12.7 Å². The van der Waals surface area contributed by atoms with Crippen molar-refractivity contribution in [2.75, 3.05) is 11.4 Å². The molecule has 7 heteroatoms. The van der Waals surface area contributed by atoms with E-state index >= 15 is 0 Å². The van der Waals surface area contributed by atoms with Crippen molar-refractivity contribution in [3.05, 3.63) is 65.0 Å². The molecule has 1 unspecified atom stereocenters. The third-order valence-corrected chi connectivity index (χ3v) is 4.56. The number of nitrogens with zero attached hydrogens (tertiary/aromatic N) is 1. The summed E-state index contributed by atoms with van der Waals surface area (Å²) in [6.07, 6.45) is 0.906. The van der Waals surface area contributed by atoms with Crippen molar-refractivity contribution in [3.63, 3.8) is 0 Å². The summed E-state index contributed by atoms with van der Waals surface area (Å²) in [7, 11) is 0. The van der Waals surface area contributed by atoms with Gasteiger partial charge in [-0.1, -0.05) is 30.3 Å². The number of rotatable bonds is 5. The van der Waals surface area contributed by atoms with Crippen LogP contribution in [-0.4, -0.2) is 29.4 Å². The number of fused-ring (bicyclic) bond motifs is 1. The van der Waals surface area contributed by atoms with E-state index in [1.807, 2.05) is 12.1 Å². The van der Waals surface area contributed by atoms with Gasteiger partial charge in [-0.3, -0.25) is 9.59 Å². The van der Waals surface area contributed by atoms with Crippen molar-refractivity contribution >= 4 is 23.5 Å². The van der Waals surface area contributed by atoms with E-state index in [1.54, 1.807) is 12.1 Å². The highest BCUT2D eigenvalue weighted by Crippen LogP contribution is 2.27. The summed E-state index contributed by atoms with van der Waals surface area (Å²) >= 11 is 0. The first-order valence-corrected chi connectivity index (χ1v) is 8.53. The number of nitrogens with one attached hydrogen (secondary N) is 1. The fourth-order valence-corrected chi connectivity index (χ4v) is 3.16. The van der Waals surface area contributed by atoms with E-state index in [1.165, 1.54) is 24.0 Å². The highest BCUT2D eigenvalue weighted by molar-refractivity contribution is 6.01. The lowest BCUT2D eigenvalue weighted by Gasteiger charge is -2.29. The summed E-state index contributed by atoms with van der Waals surface area (Å²) in [6, 6.07) is 9.85. The lowest BCUT2D eigenvalue weighted by Crippen LogP contribution is -2.45. The number of aryl methyl sites for hydroxylation is 2. The summed E-state index contributed by atoms with van der Waals surface area (Å²) in [5.74, 6) is -2.51. The standard InChI is InChI=1S/C20H19FN2O4/c1-12-10-14(6-8-15(12)21)19(20(26)27)22-17(24)11-23-16-5-3-2-4-13(16)7-9-18(23)25/h2-6,8,10,19H,7,9,11H2,1H3,(H,22,24)(H,26,27). The molecule has 0 aliphatic carbocycles. The molecule has 1 aliphatic heterocycles. The van der Waals surface area contributed by atoms with E-state index in [-0.39, 0.29) is 23.6 Å². The average Bonchev–Trinajstić information content (AvgIpc) is 2.64. The van der Waals surface area contributed by atoms with Crippen molar-refractivity contribution in [1.29, 1.82) is 0 Å². The fourth-order valence-electron chi connectivity index (χ4n) is 3.16. The van der Waals surface area contributed by atoms with Crippen LogP contribution in [0.15, 0.2) is 42.5 Å². The van der Waals surface area contributed by atoms with Gasteiger partial charge >= 0.3 is 5.97 Å². The number of anilines is 1. The Hall–Kier alpha value is -3.22. The number of hydrogen-bond donors (Lipinski definition) is 2. The molecule has 2 aromatic rings. The highest BCUT2D eigenvalue weighted by Gasteiger charge is 2.28. The quantitative estimate of drug-likeness (QED) is 0.846. The lowest BCUT2D eigenvalue weighted by molar-refractivity contribution is -0.141. The molecule has 1 aliphatic rings. The van der Waals surface area contributed by atoms with Gasteiger partial charge in [0, 0.05) is 12.1 Å². The van der Waals surface area contributed by atoms with Crippen LogP contribution in [0.5, 0.6) is 0 Å². The van der Waals surface area contributed by atoms with Crippen molar-refractivity contribution in [2.45, 2.75) is 25.8 Å². The molecule has 0 saturated carbocycles. The van der Waals surface area contributed by atoms with Crippen molar-refractivity contribution < 1.29 is 23.9 Å². The summed E-state index contributed by atoms with van der Waals surface area (Å²) in [6.45, 7) is 1.24. The average molecular weight is 370 g/mol. The first kappa shape index (κ1) is 18.6. The monoisotopic (exact) mass is 370 g/mol. The van der Waals surface area contributed by atoms with Gasteiger partial charge in [-0.15, -0.1) is 0 Å². The van der Waals surface area contributed by atoms with Gasteiger partial charge in [0.25, 0.3) is 0 Å². The molecule has 2 amide bonds. The molecular weight excluding hydrogens is 351 g/mol. The molecule has 1 atom stereocenters. The number of carboxylic acids is 1. The van der Waals surface area contributed by atoms with Gasteiger partial charge in [0.1, 0.15) is 12.4 Å². The summed E-state index contributed by atoms with van der Waals surface area (Å²) in [5.41, 5.74) is 2.18. The van der Waals surface area contributed by atoms with Crippen molar-refractivity contribution in [3.8, 4) is 0 Å². The first-order valence-electron chi connectivity index (χ1n) is 8.53. The van der Waals surface area contributed by atoms with Crippen LogP contribution in [0.25, 0.3) is 0 Å². The Balaban J connectivity index is 1.78. The van der Waals surface area contributed by atoms with Crippen LogP contribution < -0.4 is 10.2 Å². The number of hydrogen-bond acceptors (Lipinski definition) is 3. The normalized spacial score (nSPS) is 14.4. The minimum Gasteiger partial charge on any atom is -0.479 e. The van der Waals surface area contributed by atoms with E-state index in [9.17, 15) is 23.9 Å². The largest absolute Gasteiger partial charge is 0.479 e. The Labute approximate surface area is 155 Å². The molecule has 0 radical (unpaired) electrons. The third kappa shape index (κ3) is 3.97. The molecule has 0 spiro atoms. The van der Waals surface area contributed by atoms with Gasteiger partial charge in [-0.25, -0.2) is 9.18 Å². The SMILES string of the molecule is Cc1cc(C(NC(=O)CN2C(=O)CCc3ccccc32)C(=O)O)ccc1F. The van der Waals surface area contributed by atoms with Crippen LogP contribution in [-0.2, 0) is 20.8 Å². The third-order valence-electron chi connectivity index (χ3n) is 4.56. The number of aliphatic carboxylic acids is 1. The second kappa shape index (κ2) is 7.57. The van der Waals surface area contributed by atoms with E-state index < -0.39 is 23.7 Å². The zero-order valence-electron chi connectivity index (χ0n) is 14.7. The van der Waals surface area contributed by atoms with Crippen LogP contribution in [0.3, 0.4) is 0 Å². The number of benzene rings is 2. The van der Waals surface area contributed by atoms with Gasteiger partial charge < -0.3 is 15.3 Å². The number of halogens is 1. The van der Waals surface area contributed by atoms with E-state index in [4.69, 9.17) is 0 Å². The molecule has 1 heterocycles. The van der Waals surface area contributed by atoms with E-state index in [0.717, 1.165) is 11.6 Å². The molecule has 2 N–H and O–H groups in total. The zero-order chi connectivity index (χ0) is 19.6. The summed E-state index contributed by atoms with van der Waals surface area (Å²) < 4.78 is 13.4. The van der Waals surface area contributed by atoms with Gasteiger partial charge in [0.05, 0.1) is 0 Å². The topological polar surface area (TPSA) is 86.7 Å². The van der Waals surface area contributed by atoms with Crippen LogP contribution in [0.4, 0.5) is 10.1 Å². The summed E-state index contributed by atoms with van der Waals surface area (Å²) in [5, 5.41) is 11.9. The highest BCUT2D eigenvalue weighted by atomic mass is 19.1. The first-order chi connectivity index (χ1) is 12.9. The predicted molar refractivity (Wildman–Crippen MR) is 96.8 cm³/mol. The van der Waals surface area contributed by atoms with E-state index in [2.05, 4.69) is 5.32 Å². The van der Waals surface area contributed by atoms with E-state index in [0.29, 0.717) is 18.5 Å². The maximum Gasteiger partial charge on any atom is 0.330 e. The molecule has 0 fully saturated rings. The molecule has 2 aromatic carbocycles. The molecule has 6 nitrogen and oxygen atoms in total. The maximum atomic E-state index is 13.4. The second-order valence-corrected chi connectivity index (χ2v) is 6.46. The number of carbonyl (C=O) groups is 3. The van der Waals surface area contributed by atoms with Gasteiger partial charge in [0.15, 0.2) is 6.04 Å². The lowest BCUT2D eigenvalue weighted by atomic mass is 10.0. The Morgan fingerprint density at radius 3 is 2.67 bits per heavy atom. The molecule has 140 valence electrons. The fraction of sp³-hybridized carbons (Fsp3) is 0.250. The minimum absolute atomic E-state index is 0.187. The van der Waals surface area contributed by atoms with Gasteiger partial charge in [0.2, 0.25) is 11.8 Å². The number of carboxylic acid groups (broad SMARTS) is 1. The Morgan fingerprint density at radius 2 is 1.96 bits per heavy atom. The molecule has 27 heavy (non-hydrogen) atoms. The maximum absolute atomic E-state index is 13.4. The molecule has 3 rings (SSSR count). The number of amides is 2. The van der Waals surface area contributed by atoms with Gasteiger partial charge in [-0.05, 0) is 42.2 Å². The predicted octanol–water partition coefficient (Wildman–Crippen LogP) is 2.36. The zero-order valence-corrected chi connectivity index (χ0v) is 14.7.